The molecule has 1 aliphatic rings. The molecule has 6 nitrogen and oxygen atoms in total. The minimum absolute atomic E-state index is 0.0394. The molecule has 1 aromatic carbocycles. The van der Waals surface area contributed by atoms with Crippen LogP contribution in [0, 0.1) is 0 Å². The second kappa shape index (κ2) is 11.6. The molecule has 1 aliphatic heterocycles. The highest BCUT2D eigenvalue weighted by Crippen LogP contribution is 2.37. The van der Waals surface area contributed by atoms with Gasteiger partial charge in [-0.1, -0.05) is 44.0 Å². The maximum absolute atomic E-state index is 13.0. The summed E-state index contributed by atoms with van der Waals surface area (Å²) in [6.07, 6.45) is 1.02. The van der Waals surface area contributed by atoms with Gasteiger partial charge in [-0.05, 0) is 61.0 Å². The Kier molecular flexibility index (Phi) is 9.31. The number of benzene rings is 1. The molecule has 1 aromatic heterocycles. The van der Waals surface area contributed by atoms with Crippen molar-refractivity contribution < 1.29 is 14.0 Å². The molecule has 192 valence electrons. The van der Waals surface area contributed by atoms with E-state index in [1.165, 1.54) is 11.3 Å². The molecule has 3 amide bonds. The molecule has 0 aliphatic carbocycles. The smallest absolute Gasteiger partial charge is 0.319 e. The number of urea groups is 1. The third-order valence-corrected chi connectivity index (χ3v) is 13.1. The molecule has 2 heterocycles. The van der Waals surface area contributed by atoms with Gasteiger partial charge in [0.05, 0.1) is 4.34 Å². The zero-order valence-corrected chi connectivity index (χ0v) is 24.3. The number of halogens is 2. The molecule has 3 rings (SSSR count). The number of nitrogens with one attached hydrogen (secondary N) is 2. The summed E-state index contributed by atoms with van der Waals surface area (Å²) in [7, 11) is -1.90. The standard InChI is InChI=1S/C25H35Cl2N3O3SSi/c1-25(2,3)35(4,5)33-15-13-23(31)30-14-12-20(19(16-30)21-10-11-22(27)34-21)29-24(32)28-18-8-6-17(26)7-9-18/h6-11,19-20H,12-16H2,1-5H3,(H2,28,29,32). The maximum atomic E-state index is 13.0. The number of piperidine rings is 1. The van der Waals surface area contributed by atoms with Crippen molar-refractivity contribution in [1.82, 2.24) is 10.2 Å². The molecule has 2 aromatic rings. The SMILES string of the molecule is CC(C)(C)[Si](C)(C)OCCC(=O)N1CCC(NC(=O)Nc2ccc(Cl)cc2)C(c2ccc(Cl)s2)C1. The van der Waals surface area contributed by atoms with E-state index in [-0.39, 0.29) is 28.9 Å². The zero-order valence-electron chi connectivity index (χ0n) is 21.0. The van der Waals surface area contributed by atoms with Crippen LogP contribution in [-0.2, 0) is 9.22 Å². The third-order valence-electron chi connectivity index (χ3n) is 6.93. The largest absolute Gasteiger partial charge is 0.416 e. The lowest BCUT2D eigenvalue weighted by Gasteiger charge is -2.39. The van der Waals surface area contributed by atoms with E-state index in [0.29, 0.717) is 47.6 Å². The van der Waals surface area contributed by atoms with Crippen LogP contribution in [0.25, 0.3) is 0 Å². The van der Waals surface area contributed by atoms with Crippen LogP contribution in [0.15, 0.2) is 36.4 Å². The minimum atomic E-state index is -1.90. The summed E-state index contributed by atoms with van der Waals surface area (Å²) in [6, 6.07) is 10.4. The minimum Gasteiger partial charge on any atom is -0.416 e. The van der Waals surface area contributed by atoms with E-state index in [2.05, 4.69) is 44.5 Å². The van der Waals surface area contributed by atoms with E-state index in [1.807, 2.05) is 17.0 Å². The van der Waals surface area contributed by atoms with Crippen molar-refractivity contribution in [3.8, 4) is 0 Å². The number of hydrogen-bond donors (Lipinski definition) is 2. The van der Waals surface area contributed by atoms with Crippen LogP contribution in [0.1, 0.15) is 44.4 Å². The summed E-state index contributed by atoms with van der Waals surface area (Å²) >= 11 is 13.6. The first-order chi connectivity index (χ1) is 16.4. The summed E-state index contributed by atoms with van der Waals surface area (Å²) in [5.41, 5.74) is 0.664. The average molecular weight is 557 g/mol. The van der Waals surface area contributed by atoms with Gasteiger partial charge in [0.1, 0.15) is 0 Å². The number of carbonyl (C=O) groups is 2. The summed E-state index contributed by atoms with van der Waals surface area (Å²) in [6.45, 7) is 12.5. The Labute approximate surface area is 223 Å². The van der Waals surface area contributed by atoms with E-state index in [1.54, 1.807) is 24.3 Å². The Morgan fingerprint density at radius 1 is 1.14 bits per heavy atom. The first-order valence-electron chi connectivity index (χ1n) is 11.9. The van der Waals surface area contributed by atoms with Crippen molar-refractivity contribution in [3.63, 3.8) is 0 Å². The Morgan fingerprint density at radius 2 is 1.83 bits per heavy atom. The molecule has 1 saturated heterocycles. The molecular formula is C25H35Cl2N3O3SSi. The van der Waals surface area contributed by atoms with Crippen molar-refractivity contribution in [2.75, 3.05) is 25.0 Å². The molecule has 0 saturated carbocycles. The van der Waals surface area contributed by atoms with Gasteiger partial charge >= 0.3 is 6.03 Å². The van der Waals surface area contributed by atoms with Crippen LogP contribution in [0.5, 0.6) is 0 Å². The van der Waals surface area contributed by atoms with Crippen molar-refractivity contribution in [1.29, 1.82) is 0 Å². The quantitative estimate of drug-likeness (QED) is 0.362. The second-order valence-electron chi connectivity index (χ2n) is 10.4. The summed E-state index contributed by atoms with van der Waals surface area (Å²) in [5, 5.41) is 6.68. The molecule has 10 heteroatoms. The Morgan fingerprint density at radius 3 is 2.43 bits per heavy atom. The molecule has 0 spiro atoms. The lowest BCUT2D eigenvalue weighted by molar-refractivity contribution is -0.133. The van der Waals surface area contributed by atoms with Crippen LogP contribution < -0.4 is 10.6 Å². The number of anilines is 1. The maximum Gasteiger partial charge on any atom is 0.319 e. The molecule has 2 atom stereocenters. The van der Waals surface area contributed by atoms with E-state index < -0.39 is 8.32 Å². The zero-order chi connectivity index (χ0) is 25.8. The lowest BCUT2D eigenvalue weighted by Crippen LogP contribution is -2.52. The molecule has 1 fully saturated rings. The van der Waals surface area contributed by atoms with Gasteiger partial charge in [-0.15, -0.1) is 11.3 Å². The summed E-state index contributed by atoms with van der Waals surface area (Å²) in [4.78, 5) is 28.7. The number of thiophene rings is 1. The number of likely N-dealkylation sites (tertiary alicyclic amines) is 1. The van der Waals surface area contributed by atoms with Gasteiger partial charge in [-0.2, -0.15) is 0 Å². The number of carbonyl (C=O) groups excluding carboxylic acids is 2. The Bertz CT molecular complexity index is 1020. The lowest BCUT2D eigenvalue weighted by atomic mass is 9.90. The van der Waals surface area contributed by atoms with Gasteiger partial charge in [0, 0.05) is 53.7 Å². The third kappa shape index (κ3) is 7.70. The van der Waals surface area contributed by atoms with Crippen molar-refractivity contribution in [2.45, 2.75) is 63.7 Å². The van der Waals surface area contributed by atoms with Gasteiger partial charge in [0.2, 0.25) is 5.91 Å². The fourth-order valence-corrected chi connectivity index (χ4v) is 6.19. The van der Waals surface area contributed by atoms with Gasteiger partial charge in [-0.25, -0.2) is 4.79 Å². The van der Waals surface area contributed by atoms with Crippen molar-refractivity contribution >= 4 is 60.5 Å². The van der Waals surface area contributed by atoms with Crippen molar-refractivity contribution in [3.05, 3.63) is 50.6 Å². The highest BCUT2D eigenvalue weighted by Gasteiger charge is 2.38. The van der Waals surface area contributed by atoms with E-state index >= 15 is 0 Å². The van der Waals surface area contributed by atoms with Crippen LogP contribution in [-0.4, -0.2) is 50.9 Å². The first-order valence-corrected chi connectivity index (χ1v) is 16.3. The summed E-state index contributed by atoms with van der Waals surface area (Å²) < 4.78 is 6.90. The number of nitrogens with zero attached hydrogens (tertiary/aromatic N) is 1. The molecule has 0 radical (unpaired) electrons. The number of rotatable bonds is 7. The van der Waals surface area contributed by atoms with E-state index in [0.717, 1.165) is 4.88 Å². The predicted molar refractivity (Wildman–Crippen MR) is 148 cm³/mol. The summed E-state index contributed by atoms with van der Waals surface area (Å²) in [5.74, 6) is 0.0444. The molecule has 2 N–H and O–H groups in total. The van der Waals surface area contributed by atoms with Crippen LogP contribution in [0.2, 0.25) is 27.5 Å². The predicted octanol–water partition coefficient (Wildman–Crippen LogP) is 6.97. The van der Waals surface area contributed by atoms with Crippen LogP contribution in [0.4, 0.5) is 10.5 Å². The molecular weight excluding hydrogens is 521 g/mol. The molecule has 0 bridgehead atoms. The van der Waals surface area contributed by atoms with E-state index in [9.17, 15) is 9.59 Å². The highest BCUT2D eigenvalue weighted by atomic mass is 35.5. The molecule has 35 heavy (non-hydrogen) atoms. The van der Waals surface area contributed by atoms with Gasteiger partial charge < -0.3 is 20.0 Å². The first kappa shape index (κ1) is 28.0. The molecule has 2 unspecified atom stereocenters. The second-order valence-corrected chi connectivity index (χ2v) is 17.4. The van der Waals surface area contributed by atoms with E-state index in [4.69, 9.17) is 27.6 Å². The average Bonchev–Trinajstić information content (AvgIpc) is 3.20. The van der Waals surface area contributed by atoms with Crippen LogP contribution >= 0.6 is 34.5 Å². The van der Waals surface area contributed by atoms with Crippen LogP contribution in [0.3, 0.4) is 0 Å². The normalized spacial score (nSPS) is 18.9. The highest BCUT2D eigenvalue weighted by molar-refractivity contribution is 7.16. The van der Waals surface area contributed by atoms with Gasteiger partial charge in [0.15, 0.2) is 8.32 Å². The monoisotopic (exact) mass is 555 g/mol. The fraction of sp³-hybridized carbons (Fsp3) is 0.520. The number of amides is 3. The van der Waals surface area contributed by atoms with Gasteiger partial charge in [-0.3, -0.25) is 4.79 Å². The Balaban J connectivity index is 1.62. The Hall–Kier alpha value is -1.58. The fourth-order valence-electron chi connectivity index (χ4n) is 3.80. The van der Waals surface area contributed by atoms with Crippen molar-refractivity contribution in [2.24, 2.45) is 0 Å². The number of hydrogen-bond acceptors (Lipinski definition) is 4. The topological polar surface area (TPSA) is 70.7 Å². The van der Waals surface area contributed by atoms with Gasteiger partial charge in [0.25, 0.3) is 0 Å².